The molecule has 0 bridgehead atoms. The summed E-state index contributed by atoms with van der Waals surface area (Å²) in [5.74, 6) is -0.234. The highest BCUT2D eigenvalue weighted by atomic mass is 35.5. The molecule has 1 saturated heterocycles. The number of piperidine rings is 1. The molecule has 2 unspecified atom stereocenters. The van der Waals surface area contributed by atoms with Crippen LogP contribution in [0.1, 0.15) is 39.0 Å². The molecule has 2 amide bonds. The van der Waals surface area contributed by atoms with Crippen molar-refractivity contribution in [2.45, 2.75) is 51.1 Å². The van der Waals surface area contributed by atoms with Crippen LogP contribution in [0.2, 0.25) is 10.0 Å². The molecule has 1 fully saturated rings. The van der Waals surface area contributed by atoms with Gasteiger partial charge in [-0.1, -0.05) is 23.2 Å². The molecule has 0 saturated carbocycles. The number of nitrogens with one attached hydrogen (secondary N) is 1. The van der Waals surface area contributed by atoms with Gasteiger partial charge in [-0.25, -0.2) is 0 Å². The number of rotatable bonds is 5. The number of carbonyl (C=O) groups excluding carboxylic acids is 2. The minimum absolute atomic E-state index is 0.0191. The van der Waals surface area contributed by atoms with Gasteiger partial charge in [0.2, 0.25) is 11.8 Å². The number of halogens is 2. The summed E-state index contributed by atoms with van der Waals surface area (Å²) < 4.78 is 0. The number of amides is 2. The zero-order chi connectivity index (χ0) is 17.7. The van der Waals surface area contributed by atoms with Crippen molar-refractivity contribution in [3.05, 3.63) is 28.2 Å². The van der Waals surface area contributed by atoms with E-state index in [4.69, 9.17) is 28.9 Å². The van der Waals surface area contributed by atoms with Crippen LogP contribution in [0.15, 0.2) is 18.2 Å². The Morgan fingerprint density at radius 3 is 2.79 bits per heavy atom. The predicted octanol–water partition coefficient (Wildman–Crippen LogP) is 3.44. The molecule has 0 radical (unpaired) electrons. The fourth-order valence-corrected chi connectivity index (χ4v) is 3.26. The highest BCUT2D eigenvalue weighted by molar-refractivity contribution is 6.36. The largest absolute Gasteiger partial charge is 0.331 e. The molecule has 1 heterocycles. The third kappa shape index (κ3) is 5.10. The van der Waals surface area contributed by atoms with Crippen LogP contribution >= 0.6 is 23.2 Å². The van der Waals surface area contributed by atoms with Gasteiger partial charge < -0.3 is 16.0 Å². The third-order valence-electron chi connectivity index (χ3n) is 4.13. The molecule has 1 aliphatic heterocycles. The average Bonchev–Trinajstić information content (AvgIpc) is 2.55. The van der Waals surface area contributed by atoms with E-state index in [9.17, 15) is 9.59 Å². The maximum Gasteiger partial charge on any atom is 0.247 e. The molecule has 24 heavy (non-hydrogen) atoms. The van der Waals surface area contributed by atoms with Gasteiger partial charge >= 0.3 is 0 Å². The number of nitrogens with zero attached hydrogens (tertiary/aromatic N) is 1. The summed E-state index contributed by atoms with van der Waals surface area (Å²) in [5.41, 5.74) is 6.22. The first-order valence-electron chi connectivity index (χ1n) is 8.19. The molecule has 3 N–H and O–H groups in total. The zero-order valence-electron chi connectivity index (χ0n) is 13.7. The normalized spacial score (nSPS) is 19.0. The van der Waals surface area contributed by atoms with Crippen molar-refractivity contribution in [2.24, 2.45) is 5.73 Å². The molecular formula is C17H23Cl2N3O2. The summed E-state index contributed by atoms with van der Waals surface area (Å²) in [7, 11) is 0. The van der Waals surface area contributed by atoms with Gasteiger partial charge in [0.25, 0.3) is 0 Å². The Kier molecular flexibility index (Phi) is 6.90. The molecule has 0 aliphatic carbocycles. The van der Waals surface area contributed by atoms with Crippen molar-refractivity contribution in [3.8, 4) is 0 Å². The number of nitrogens with two attached hydrogens (primary N) is 1. The van der Waals surface area contributed by atoms with Crippen molar-refractivity contribution >= 4 is 40.7 Å². The first-order valence-corrected chi connectivity index (χ1v) is 8.95. The summed E-state index contributed by atoms with van der Waals surface area (Å²) in [6.45, 7) is 2.47. The van der Waals surface area contributed by atoms with Crippen LogP contribution in [-0.2, 0) is 9.59 Å². The van der Waals surface area contributed by atoms with Gasteiger partial charge in [-0.2, -0.15) is 0 Å². The van der Waals surface area contributed by atoms with Crippen LogP contribution in [0.5, 0.6) is 0 Å². The molecule has 1 aromatic carbocycles. The van der Waals surface area contributed by atoms with E-state index in [1.807, 2.05) is 6.92 Å². The first-order chi connectivity index (χ1) is 11.4. The number of hydrogen-bond donors (Lipinski definition) is 2. The molecule has 2 atom stereocenters. The quantitative estimate of drug-likeness (QED) is 0.831. The minimum Gasteiger partial charge on any atom is -0.331 e. The second kappa shape index (κ2) is 8.70. The molecule has 0 spiro atoms. The second-order valence-corrected chi connectivity index (χ2v) is 7.07. The van der Waals surface area contributed by atoms with Crippen LogP contribution in [-0.4, -0.2) is 35.3 Å². The standard InChI is InChI=1S/C17H23Cl2N3O2/c1-11(20)5-8-16(23)22-9-3-2-4-15(22)17(24)21-14-7-6-12(18)10-13(14)19/h6-7,10-11,15H,2-5,8-9,20H2,1H3,(H,21,24). The van der Waals surface area contributed by atoms with E-state index in [0.29, 0.717) is 41.5 Å². The van der Waals surface area contributed by atoms with Gasteiger partial charge in [0, 0.05) is 24.0 Å². The molecule has 1 aromatic rings. The van der Waals surface area contributed by atoms with Gasteiger partial charge in [0.15, 0.2) is 0 Å². The Labute approximate surface area is 152 Å². The summed E-state index contributed by atoms with van der Waals surface area (Å²) in [6.07, 6.45) is 3.47. The molecule has 2 rings (SSSR count). The molecule has 132 valence electrons. The van der Waals surface area contributed by atoms with Crippen molar-refractivity contribution in [1.29, 1.82) is 0 Å². The maximum atomic E-state index is 12.6. The number of hydrogen-bond acceptors (Lipinski definition) is 3. The van der Waals surface area contributed by atoms with E-state index < -0.39 is 6.04 Å². The van der Waals surface area contributed by atoms with Crippen LogP contribution < -0.4 is 11.1 Å². The molecular weight excluding hydrogens is 349 g/mol. The Morgan fingerprint density at radius 1 is 1.38 bits per heavy atom. The van der Waals surface area contributed by atoms with Crippen molar-refractivity contribution in [1.82, 2.24) is 4.90 Å². The van der Waals surface area contributed by atoms with Gasteiger partial charge in [-0.3, -0.25) is 9.59 Å². The van der Waals surface area contributed by atoms with Crippen molar-refractivity contribution in [3.63, 3.8) is 0 Å². The van der Waals surface area contributed by atoms with Crippen LogP contribution in [0.3, 0.4) is 0 Å². The topological polar surface area (TPSA) is 75.4 Å². The highest BCUT2D eigenvalue weighted by Crippen LogP contribution is 2.27. The van der Waals surface area contributed by atoms with E-state index in [1.165, 1.54) is 0 Å². The maximum absolute atomic E-state index is 12.6. The lowest BCUT2D eigenvalue weighted by molar-refractivity contribution is -0.140. The van der Waals surface area contributed by atoms with Crippen LogP contribution in [0.4, 0.5) is 5.69 Å². The smallest absolute Gasteiger partial charge is 0.247 e. The summed E-state index contributed by atoms with van der Waals surface area (Å²) >= 11 is 12.0. The zero-order valence-corrected chi connectivity index (χ0v) is 15.2. The predicted molar refractivity (Wildman–Crippen MR) is 97.3 cm³/mol. The Hall–Kier alpha value is -1.30. The van der Waals surface area contributed by atoms with Crippen molar-refractivity contribution in [2.75, 3.05) is 11.9 Å². The van der Waals surface area contributed by atoms with E-state index in [-0.39, 0.29) is 17.9 Å². The van der Waals surface area contributed by atoms with Crippen molar-refractivity contribution < 1.29 is 9.59 Å². The SMILES string of the molecule is CC(N)CCC(=O)N1CCCCC1C(=O)Nc1ccc(Cl)cc1Cl. The lowest BCUT2D eigenvalue weighted by Crippen LogP contribution is -2.50. The molecule has 0 aromatic heterocycles. The molecule has 7 heteroatoms. The average molecular weight is 372 g/mol. The van der Waals surface area contributed by atoms with E-state index in [1.54, 1.807) is 23.1 Å². The Bertz CT molecular complexity index is 607. The van der Waals surface area contributed by atoms with Crippen LogP contribution in [0, 0.1) is 0 Å². The van der Waals surface area contributed by atoms with Gasteiger partial charge in [0.1, 0.15) is 6.04 Å². The fraction of sp³-hybridized carbons (Fsp3) is 0.529. The van der Waals surface area contributed by atoms with Gasteiger partial charge in [-0.15, -0.1) is 0 Å². The number of benzene rings is 1. The first kappa shape index (κ1) is 19.0. The minimum atomic E-state index is -0.467. The number of likely N-dealkylation sites (tertiary alicyclic amines) is 1. The van der Waals surface area contributed by atoms with E-state index >= 15 is 0 Å². The summed E-state index contributed by atoms with van der Waals surface area (Å²) in [5, 5.41) is 3.69. The van der Waals surface area contributed by atoms with E-state index in [0.717, 1.165) is 12.8 Å². The van der Waals surface area contributed by atoms with Gasteiger partial charge in [-0.05, 0) is 50.8 Å². The fourth-order valence-electron chi connectivity index (χ4n) is 2.80. The third-order valence-corrected chi connectivity index (χ3v) is 4.68. The Morgan fingerprint density at radius 2 is 2.12 bits per heavy atom. The number of carbonyl (C=O) groups is 2. The Balaban J connectivity index is 2.05. The van der Waals surface area contributed by atoms with Gasteiger partial charge in [0.05, 0.1) is 10.7 Å². The number of anilines is 1. The lowest BCUT2D eigenvalue weighted by Gasteiger charge is -2.35. The molecule has 1 aliphatic rings. The summed E-state index contributed by atoms with van der Waals surface area (Å²) in [6, 6.07) is 4.40. The highest BCUT2D eigenvalue weighted by Gasteiger charge is 2.32. The lowest BCUT2D eigenvalue weighted by atomic mass is 10.00. The summed E-state index contributed by atoms with van der Waals surface area (Å²) in [4.78, 5) is 26.7. The van der Waals surface area contributed by atoms with Crippen LogP contribution in [0.25, 0.3) is 0 Å². The molecule has 5 nitrogen and oxygen atoms in total. The van der Waals surface area contributed by atoms with E-state index in [2.05, 4.69) is 5.32 Å². The second-order valence-electron chi connectivity index (χ2n) is 6.23. The monoisotopic (exact) mass is 371 g/mol.